The fourth-order valence-electron chi connectivity index (χ4n) is 2.48. The number of benzene rings is 2. The van der Waals surface area contributed by atoms with Crippen molar-refractivity contribution in [3.63, 3.8) is 0 Å². The Hall–Kier alpha value is -3.01. The van der Waals surface area contributed by atoms with Crippen LogP contribution in [0.4, 0.5) is 0 Å². The summed E-state index contributed by atoms with van der Waals surface area (Å²) in [6.45, 7) is 8.18. The fourth-order valence-corrected chi connectivity index (χ4v) is 2.48. The number of aliphatic hydroxyl groups is 1. The van der Waals surface area contributed by atoms with Gasteiger partial charge in [-0.25, -0.2) is 0 Å². The lowest BCUT2D eigenvalue weighted by atomic mass is 9.98. The SMILES string of the molecule is C=CCOCC=C.OC(c1cccnc1)c1cccc(-c2ccccc2)c1. The topological polar surface area (TPSA) is 42.4 Å². The number of aliphatic hydroxyl groups excluding tert-OH is 1. The molecule has 0 spiro atoms. The number of pyridine rings is 1. The lowest BCUT2D eigenvalue weighted by molar-refractivity contribution is 0.194. The van der Waals surface area contributed by atoms with Crippen LogP contribution in [0.25, 0.3) is 11.1 Å². The van der Waals surface area contributed by atoms with Crippen LogP contribution >= 0.6 is 0 Å². The molecule has 1 heterocycles. The first-order valence-electron chi connectivity index (χ1n) is 8.79. The Balaban J connectivity index is 0.000000321. The fraction of sp³-hybridized carbons (Fsp3) is 0.125. The van der Waals surface area contributed by atoms with Crippen LogP contribution in [0.2, 0.25) is 0 Å². The Morgan fingerprint density at radius 2 is 1.52 bits per heavy atom. The van der Waals surface area contributed by atoms with Crippen LogP contribution in [0.5, 0.6) is 0 Å². The van der Waals surface area contributed by atoms with E-state index in [1.807, 2.05) is 48.5 Å². The van der Waals surface area contributed by atoms with E-state index < -0.39 is 6.10 Å². The summed E-state index contributed by atoms with van der Waals surface area (Å²) in [6, 6.07) is 21.8. The predicted octanol–water partition coefficient (Wildman–Crippen LogP) is 5.21. The summed E-state index contributed by atoms with van der Waals surface area (Å²) in [5, 5.41) is 10.4. The Labute approximate surface area is 161 Å². The molecular weight excluding hydrogens is 334 g/mol. The van der Waals surface area contributed by atoms with Crippen LogP contribution in [0, 0.1) is 0 Å². The molecule has 0 saturated carbocycles. The van der Waals surface area contributed by atoms with Crippen LogP contribution < -0.4 is 0 Å². The molecule has 1 N–H and O–H groups in total. The van der Waals surface area contributed by atoms with E-state index >= 15 is 0 Å². The highest BCUT2D eigenvalue weighted by Crippen LogP contribution is 2.26. The molecule has 138 valence electrons. The summed E-state index contributed by atoms with van der Waals surface area (Å²) in [5.74, 6) is 0. The van der Waals surface area contributed by atoms with Crippen molar-refractivity contribution in [1.82, 2.24) is 4.98 Å². The van der Waals surface area contributed by atoms with Gasteiger partial charge in [-0.05, 0) is 28.8 Å². The second kappa shape index (κ2) is 11.6. The summed E-state index contributed by atoms with van der Waals surface area (Å²) in [5.41, 5.74) is 3.93. The van der Waals surface area contributed by atoms with Gasteiger partial charge in [0.2, 0.25) is 0 Å². The minimum absolute atomic E-state index is 0.617. The molecule has 2 aromatic carbocycles. The van der Waals surface area contributed by atoms with E-state index in [-0.39, 0.29) is 0 Å². The highest BCUT2D eigenvalue weighted by molar-refractivity contribution is 5.64. The molecule has 0 aliphatic heterocycles. The summed E-state index contributed by atoms with van der Waals surface area (Å²) < 4.78 is 4.90. The van der Waals surface area contributed by atoms with Crippen molar-refractivity contribution in [3.05, 3.63) is 116 Å². The van der Waals surface area contributed by atoms with Gasteiger partial charge < -0.3 is 9.84 Å². The van der Waals surface area contributed by atoms with Crippen LogP contribution in [-0.4, -0.2) is 23.3 Å². The van der Waals surface area contributed by atoms with Crippen molar-refractivity contribution in [3.8, 4) is 11.1 Å². The zero-order valence-electron chi connectivity index (χ0n) is 15.4. The first-order chi connectivity index (χ1) is 13.3. The normalized spacial score (nSPS) is 11.0. The molecule has 3 aromatic rings. The predicted molar refractivity (Wildman–Crippen MR) is 111 cm³/mol. The largest absolute Gasteiger partial charge is 0.384 e. The number of aromatic nitrogens is 1. The zero-order valence-corrected chi connectivity index (χ0v) is 15.4. The highest BCUT2D eigenvalue weighted by atomic mass is 16.5. The average Bonchev–Trinajstić information content (AvgIpc) is 2.75. The van der Waals surface area contributed by atoms with Crippen molar-refractivity contribution < 1.29 is 9.84 Å². The molecule has 0 amide bonds. The van der Waals surface area contributed by atoms with Gasteiger partial charge in [0, 0.05) is 18.0 Å². The summed E-state index contributed by atoms with van der Waals surface area (Å²) in [7, 11) is 0. The molecule has 0 aliphatic rings. The van der Waals surface area contributed by atoms with Crippen molar-refractivity contribution in [1.29, 1.82) is 0 Å². The second-order valence-corrected chi connectivity index (χ2v) is 5.80. The van der Waals surface area contributed by atoms with Crippen molar-refractivity contribution >= 4 is 0 Å². The van der Waals surface area contributed by atoms with Crippen LogP contribution in [0.1, 0.15) is 17.2 Å². The van der Waals surface area contributed by atoms with E-state index in [0.29, 0.717) is 13.2 Å². The third-order valence-corrected chi connectivity index (χ3v) is 3.78. The molecule has 0 bridgehead atoms. The number of nitrogens with zero attached hydrogens (tertiary/aromatic N) is 1. The molecule has 0 saturated heterocycles. The molecule has 1 aromatic heterocycles. The zero-order chi connectivity index (χ0) is 19.3. The Morgan fingerprint density at radius 3 is 2.15 bits per heavy atom. The summed E-state index contributed by atoms with van der Waals surface area (Å²) in [4.78, 5) is 4.05. The van der Waals surface area contributed by atoms with Crippen LogP contribution in [0.3, 0.4) is 0 Å². The second-order valence-electron chi connectivity index (χ2n) is 5.80. The molecule has 1 unspecified atom stereocenters. The Morgan fingerprint density at radius 1 is 0.852 bits per heavy atom. The van der Waals surface area contributed by atoms with E-state index in [9.17, 15) is 5.11 Å². The summed E-state index contributed by atoms with van der Waals surface area (Å²) >= 11 is 0. The van der Waals surface area contributed by atoms with Gasteiger partial charge in [0.1, 0.15) is 6.10 Å². The maximum Gasteiger partial charge on any atom is 0.106 e. The maximum atomic E-state index is 10.4. The molecule has 1 atom stereocenters. The number of hydrogen-bond acceptors (Lipinski definition) is 3. The van der Waals surface area contributed by atoms with Gasteiger partial charge >= 0.3 is 0 Å². The maximum absolute atomic E-state index is 10.4. The van der Waals surface area contributed by atoms with Crippen LogP contribution in [-0.2, 0) is 4.74 Å². The van der Waals surface area contributed by atoms with Gasteiger partial charge in [-0.15, -0.1) is 13.2 Å². The first-order valence-corrected chi connectivity index (χ1v) is 8.79. The van der Waals surface area contributed by atoms with Gasteiger partial charge in [-0.2, -0.15) is 0 Å². The molecule has 3 heteroatoms. The van der Waals surface area contributed by atoms with Gasteiger partial charge in [-0.1, -0.05) is 66.7 Å². The van der Waals surface area contributed by atoms with E-state index in [0.717, 1.165) is 22.3 Å². The molecule has 0 radical (unpaired) electrons. The summed E-state index contributed by atoms with van der Waals surface area (Å²) in [6.07, 6.45) is 6.18. The molecular formula is C24H25NO2. The van der Waals surface area contributed by atoms with Crippen molar-refractivity contribution in [2.24, 2.45) is 0 Å². The minimum Gasteiger partial charge on any atom is -0.384 e. The molecule has 0 fully saturated rings. The average molecular weight is 359 g/mol. The van der Waals surface area contributed by atoms with Gasteiger partial charge in [0.05, 0.1) is 13.2 Å². The minimum atomic E-state index is -0.646. The lowest BCUT2D eigenvalue weighted by Gasteiger charge is -2.12. The van der Waals surface area contributed by atoms with Crippen molar-refractivity contribution in [2.45, 2.75) is 6.10 Å². The standard InChI is InChI=1S/C18H15NO.C6H10O/c20-18(17-10-5-11-19-13-17)16-9-4-8-15(12-16)14-6-2-1-3-7-14;1-3-5-7-6-4-2/h1-13,18,20H;3-4H,1-2,5-6H2. The quantitative estimate of drug-likeness (QED) is 0.465. The monoisotopic (exact) mass is 359 g/mol. The van der Waals surface area contributed by atoms with E-state index in [1.54, 1.807) is 24.5 Å². The van der Waals surface area contributed by atoms with E-state index in [4.69, 9.17) is 4.74 Å². The Bertz CT molecular complexity index is 808. The first kappa shape index (κ1) is 20.3. The number of hydrogen-bond donors (Lipinski definition) is 1. The van der Waals surface area contributed by atoms with E-state index in [2.05, 4.69) is 36.3 Å². The van der Waals surface area contributed by atoms with Gasteiger partial charge in [0.15, 0.2) is 0 Å². The molecule has 3 rings (SSSR count). The molecule has 3 nitrogen and oxygen atoms in total. The van der Waals surface area contributed by atoms with Gasteiger partial charge in [-0.3, -0.25) is 4.98 Å². The molecule has 27 heavy (non-hydrogen) atoms. The highest BCUT2D eigenvalue weighted by Gasteiger charge is 2.11. The van der Waals surface area contributed by atoms with Gasteiger partial charge in [0.25, 0.3) is 0 Å². The third-order valence-electron chi connectivity index (χ3n) is 3.78. The Kier molecular flexibility index (Phi) is 8.70. The number of ether oxygens (including phenoxy) is 1. The van der Waals surface area contributed by atoms with Crippen LogP contribution in [0.15, 0.2) is 104 Å². The molecule has 0 aliphatic carbocycles. The number of rotatable bonds is 7. The lowest BCUT2D eigenvalue weighted by Crippen LogP contribution is -2.00. The smallest absolute Gasteiger partial charge is 0.106 e. The van der Waals surface area contributed by atoms with Crippen molar-refractivity contribution in [2.75, 3.05) is 13.2 Å². The van der Waals surface area contributed by atoms with E-state index in [1.165, 1.54) is 0 Å². The third kappa shape index (κ3) is 6.66.